The van der Waals surface area contributed by atoms with Crippen LogP contribution in [-0.2, 0) is 10.0 Å². The van der Waals surface area contributed by atoms with E-state index in [1.165, 1.54) is 6.07 Å². The smallest absolute Gasteiger partial charge is 0.264 e. The number of nitrogens with one attached hydrogen (secondary N) is 1. The zero-order chi connectivity index (χ0) is 14.9. The van der Waals surface area contributed by atoms with Gasteiger partial charge in [-0.15, -0.1) is 5.10 Å². The number of aryl methyl sites for hydroxylation is 3. The van der Waals surface area contributed by atoms with E-state index in [0.29, 0.717) is 22.6 Å². The molecule has 2 rings (SSSR count). The molecule has 0 saturated heterocycles. The summed E-state index contributed by atoms with van der Waals surface area (Å²) < 4.78 is 26.9. The Labute approximate surface area is 117 Å². The first-order valence-corrected chi connectivity index (χ1v) is 7.35. The third-order valence-corrected chi connectivity index (χ3v) is 4.29. The normalized spacial score (nSPS) is 11.3. The van der Waals surface area contributed by atoms with E-state index in [4.69, 9.17) is 5.73 Å². The van der Waals surface area contributed by atoms with Crippen LogP contribution >= 0.6 is 0 Å². The van der Waals surface area contributed by atoms with Gasteiger partial charge in [-0.25, -0.2) is 18.1 Å². The minimum Gasteiger partial charge on any atom is -0.399 e. The number of aromatic nitrogens is 3. The molecule has 0 amide bonds. The van der Waals surface area contributed by atoms with E-state index >= 15 is 0 Å². The van der Waals surface area contributed by atoms with E-state index < -0.39 is 10.0 Å². The Balaban J connectivity index is 2.40. The Hall–Kier alpha value is -2.22. The zero-order valence-electron chi connectivity index (χ0n) is 11.4. The molecule has 1 heterocycles. The highest BCUT2D eigenvalue weighted by Crippen LogP contribution is 2.20. The van der Waals surface area contributed by atoms with Gasteiger partial charge in [0.2, 0.25) is 0 Å². The fourth-order valence-electron chi connectivity index (χ4n) is 1.58. The number of hydrogen-bond acceptors (Lipinski definition) is 6. The fraction of sp³-hybridized carbons (Fsp3) is 0.250. The molecular formula is C12H15N5O2S. The monoisotopic (exact) mass is 293 g/mol. The molecule has 1 aromatic carbocycles. The van der Waals surface area contributed by atoms with Crippen molar-refractivity contribution in [3.63, 3.8) is 0 Å². The number of nitrogens with two attached hydrogens (primary N) is 1. The molecule has 0 radical (unpaired) electrons. The van der Waals surface area contributed by atoms with Gasteiger partial charge in [-0.2, -0.15) is 5.10 Å². The van der Waals surface area contributed by atoms with Gasteiger partial charge in [0.1, 0.15) is 0 Å². The van der Waals surface area contributed by atoms with Crippen LogP contribution in [0.5, 0.6) is 0 Å². The molecule has 0 bridgehead atoms. The molecule has 3 N–H and O–H groups in total. The largest absolute Gasteiger partial charge is 0.399 e. The maximum absolute atomic E-state index is 12.3. The molecule has 1 aromatic heterocycles. The van der Waals surface area contributed by atoms with Crippen LogP contribution in [0.3, 0.4) is 0 Å². The van der Waals surface area contributed by atoms with Gasteiger partial charge >= 0.3 is 0 Å². The van der Waals surface area contributed by atoms with Gasteiger partial charge in [-0.05, 0) is 38.5 Å². The van der Waals surface area contributed by atoms with Gasteiger partial charge in [-0.3, -0.25) is 0 Å². The molecule has 0 aliphatic rings. The van der Waals surface area contributed by atoms with E-state index in [9.17, 15) is 8.42 Å². The van der Waals surface area contributed by atoms with Crippen molar-refractivity contribution in [2.75, 3.05) is 10.5 Å². The van der Waals surface area contributed by atoms with Crippen LogP contribution in [0, 0.1) is 20.8 Å². The standard InChI is InChI=1S/C12H15N5O2S/c1-7-4-5-10(13)6-11(7)20(18,19)17-12-14-8(2)9(3)15-16-12/h4-6H,13H2,1-3H3,(H,14,16,17). The number of sulfonamides is 1. The van der Waals surface area contributed by atoms with Crippen LogP contribution < -0.4 is 10.5 Å². The molecule has 0 aliphatic heterocycles. The molecule has 2 aromatic rings. The third-order valence-electron chi connectivity index (χ3n) is 2.82. The van der Waals surface area contributed by atoms with E-state index in [0.717, 1.165) is 0 Å². The lowest BCUT2D eigenvalue weighted by atomic mass is 10.2. The topological polar surface area (TPSA) is 111 Å². The lowest BCUT2D eigenvalue weighted by molar-refractivity contribution is 0.600. The minimum atomic E-state index is -3.79. The van der Waals surface area contributed by atoms with Crippen LogP contribution in [0.1, 0.15) is 17.0 Å². The number of nitrogens with zero attached hydrogens (tertiary/aromatic N) is 3. The zero-order valence-corrected chi connectivity index (χ0v) is 12.2. The predicted octanol–water partition coefficient (Wildman–Crippen LogP) is 1.18. The highest BCUT2D eigenvalue weighted by atomic mass is 32.2. The predicted molar refractivity (Wildman–Crippen MR) is 75.7 cm³/mol. The summed E-state index contributed by atoms with van der Waals surface area (Å²) in [7, 11) is -3.79. The van der Waals surface area contributed by atoms with Crippen molar-refractivity contribution in [1.29, 1.82) is 0 Å². The average Bonchev–Trinajstić information content (AvgIpc) is 2.36. The molecule has 7 nitrogen and oxygen atoms in total. The van der Waals surface area contributed by atoms with Gasteiger partial charge in [-0.1, -0.05) is 6.07 Å². The summed E-state index contributed by atoms with van der Waals surface area (Å²) in [6.07, 6.45) is 0. The summed E-state index contributed by atoms with van der Waals surface area (Å²) in [5.41, 5.74) is 7.84. The molecule has 0 atom stereocenters. The van der Waals surface area contributed by atoms with Gasteiger partial charge in [0.05, 0.1) is 16.3 Å². The summed E-state index contributed by atoms with van der Waals surface area (Å²) in [4.78, 5) is 4.14. The third kappa shape index (κ3) is 2.85. The highest BCUT2D eigenvalue weighted by molar-refractivity contribution is 7.92. The Morgan fingerprint density at radius 1 is 1.10 bits per heavy atom. The first kappa shape index (κ1) is 14.2. The number of benzene rings is 1. The molecule has 8 heteroatoms. The number of rotatable bonds is 3. The van der Waals surface area contributed by atoms with Gasteiger partial charge in [0.15, 0.2) is 0 Å². The van der Waals surface area contributed by atoms with E-state index in [2.05, 4.69) is 19.9 Å². The molecule has 106 valence electrons. The van der Waals surface area contributed by atoms with E-state index in [1.807, 2.05) is 0 Å². The van der Waals surface area contributed by atoms with Crippen LogP contribution in [0.4, 0.5) is 11.6 Å². The van der Waals surface area contributed by atoms with Gasteiger partial charge in [0.25, 0.3) is 16.0 Å². The van der Waals surface area contributed by atoms with Crippen LogP contribution in [0.2, 0.25) is 0 Å². The second kappa shape index (κ2) is 5.04. The van der Waals surface area contributed by atoms with Crippen molar-refractivity contribution in [3.05, 3.63) is 35.2 Å². The Kier molecular flexibility index (Phi) is 3.58. The SMILES string of the molecule is Cc1ccc(N)cc1S(=O)(=O)Nc1nnc(C)c(C)n1. The van der Waals surface area contributed by atoms with Crippen LogP contribution in [0.15, 0.2) is 23.1 Å². The van der Waals surface area contributed by atoms with Crippen molar-refractivity contribution in [1.82, 2.24) is 15.2 Å². The summed E-state index contributed by atoms with van der Waals surface area (Å²) in [5, 5.41) is 7.55. The van der Waals surface area contributed by atoms with Crippen molar-refractivity contribution < 1.29 is 8.42 Å². The molecule has 0 spiro atoms. The second-order valence-electron chi connectivity index (χ2n) is 4.44. The Morgan fingerprint density at radius 3 is 2.45 bits per heavy atom. The van der Waals surface area contributed by atoms with Crippen LogP contribution in [0.25, 0.3) is 0 Å². The number of hydrogen-bond donors (Lipinski definition) is 2. The Morgan fingerprint density at radius 2 is 1.80 bits per heavy atom. The van der Waals surface area contributed by atoms with Crippen LogP contribution in [-0.4, -0.2) is 23.6 Å². The quantitative estimate of drug-likeness (QED) is 0.822. The first-order valence-electron chi connectivity index (χ1n) is 5.86. The highest BCUT2D eigenvalue weighted by Gasteiger charge is 2.19. The summed E-state index contributed by atoms with van der Waals surface area (Å²) in [6.45, 7) is 5.16. The second-order valence-corrected chi connectivity index (χ2v) is 6.09. The molecule has 20 heavy (non-hydrogen) atoms. The number of anilines is 2. The molecule has 0 fully saturated rings. The van der Waals surface area contributed by atoms with Crippen molar-refractivity contribution in [2.45, 2.75) is 25.7 Å². The van der Waals surface area contributed by atoms with Crippen molar-refractivity contribution >= 4 is 21.7 Å². The molecule has 0 saturated carbocycles. The minimum absolute atomic E-state index is 0.0603. The van der Waals surface area contributed by atoms with Crippen molar-refractivity contribution in [3.8, 4) is 0 Å². The molecule has 0 unspecified atom stereocenters. The van der Waals surface area contributed by atoms with Crippen molar-refractivity contribution in [2.24, 2.45) is 0 Å². The fourth-order valence-corrected chi connectivity index (χ4v) is 2.80. The lowest BCUT2D eigenvalue weighted by Gasteiger charge is -2.10. The number of nitrogen functional groups attached to an aromatic ring is 1. The summed E-state index contributed by atoms with van der Waals surface area (Å²) in [6, 6.07) is 4.68. The van der Waals surface area contributed by atoms with Gasteiger partial charge < -0.3 is 5.73 Å². The molecule has 0 aliphatic carbocycles. The first-order chi connectivity index (χ1) is 9.29. The maximum atomic E-state index is 12.3. The molecular weight excluding hydrogens is 278 g/mol. The van der Waals surface area contributed by atoms with E-state index in [-0.39, 0.29) is 10.8 Å². The Bertz CT molecular complexity index is 758. The lowest BCUT2D eigenvalue weighted by Crippen LogP contribution is -2.17. The summed E-state index contributed by atoms with van der Waals surface area (Å²) >= 11 is 0. The van der Waals surface area contributed by atoms with E-state index in [1.54, 1.807) is 32.9 Å². The maximum Gasteiger partial charge on any atom is 0.264 e. The average molecular weight is 293 g/mol. The summed E-state index contributed by atoms with van der Waals surface area (Å²) in [5.74, 6) is -0.0603. The van der Waals surface area contributed by atoms with Gasteiger partial charge in [0, 0.05) is 5.69 Å².